The van der Waals surface area contributed by atoms with Crippen LogP contribution in [0.25, 0.3) is 76.5 Å². The zero-order valence-electron chi connectivity index (χ0n) is 25.9. The molecule has 242 valence electrons. The van der Waals surface area contributed by atoms with E-state index in [0.717, 1.165) is 76.5 Å². The minimum absolute atomic E-state index is 0.662. The summed E-state index contributed by atoms with van der Waals surface area (Å²) in [5.74, 6) is 2.66. The smallest absolute Gasteiger partial charge is 0.345 e. The summed E-state index contributed by atoms with van der Waals surface area (Å²) in [6.45, 7) is 0. The van der Waals surface area contributed by atoms with Crippen LogP contribution in [-0.4, -0.2) is 0 Å². The van der Waals surface area contributed by atoms with Gasteiger partial charge in [0, 0.05) is 22.3 Å². The van der Waals surface area contributed by atoms with Crippen molar-refractivity contribution in [3.8, 4) is 56.4 Å². The zero-order chi connectivity index (χ0) is 33.8. The first kappa shape index (κ1) is 30.8. The first-order chi connectivity index (χ1) is 24.2. The van der Waals surface area contributed by atoms with Crippen LogP contribution in [-0.2, 0) is 23.6 Å². The molecule has 0 amide bonds. The summed E-state index contributed by atoms with van der Waals surface area (Å²) >= 11 is 20.9. The second-order valence-electron chi connectivity index (χ2n) is 12.3. The van der Waals surface area contributed by atoms with Crippen LogP contribution in [0.5, 0.6) is 23.0 Å². The van der Waals surface area contributed by atoms with Crippen molar-refractivity contribution in [3.05, 3.63) is 133 Å². The Labute approximate surface area is 308 Å². The highest BCUT2D eigenvalue weighted by Crippen LogP contribution is 2.63. The molecule has 2 atom stereocenters. The third-order valence-corrected chi connectivity index (χ3v) is 13.1. The molecule has 50 heavy (non-hydrogen) atoms. The SMILES string of the molecule is S=P1(S)Oc2ccc3ccccc3c2-c2c(ccc3c(-c4cccc5c6c(ccc45)OP(=S)(S)Oc4ccc5ccccc5c4-6)cccc23)O1. The molecule has 0 N–H and O–H groups in total. The molecule has 10 heteroatoms. The summed E-state index contributed by atoms with van der Waals surface area (Å²) in [6.07, 6.45) is 0. The van der Waals surface area contributed by atoms with Crippen LogP contribution in [0.1, 0.15) is 0 Å². The van der Waals surface area contributed by atoms with E-state index in [9.17, 15) is 0 Å². The van der Waals surface area contributed by atoms with Crippen molar-refractivity contribution in [1.82, 2.24) is 0 Å². The average Bonchev–Trinajstić information content (AvgIpc) is 3.32. The lowest BCUT2D eigenvalue weighted by Crippen LogP contribution is -1.93. The van der Waals surface area contributed by atoms with E-state index >= 15 is 0 Å². The van der Waals surface area contributed by atoms with Gasteiger partial charge in [-0.2, -0.15) is 0 Å². The molecular weight excluding hydrogens is 735 g/mol. The quantitative estimate of drug-likeness (QED) is 0.128. The van der Waals surface area contributed by atoms with Gasteiger partial charge in [-0.05, 0) is 102 Å². The van der Waals surface area contributed by atoms with Gasteiger partial charge in [-0.3, -0.25) is 0 Å². The predicted molar refractivity (Wildman–Crippen MR) is 222 cm³/mol. The van der Waals surface area contributed by atoms with Crippen LogP contribution in [0.4, 0.5) is 0 Å². The van der Waals surface area contributed by atoms with Crippen LogP contribution >= 0.6 is 35.9 Å². The average molecular weight is 759 g/mol. The highest BCUT2D eigenvalue weighted by atomic mass is 32.9. The van der Waals surface area contributed by atoms with Crippen LogP contribution < -0.4 is 18.1 Å². The number of thiol groups is 2. The Morgan fingerprint density at radius 1 is 0.340 bits per heavy atom. The zero-order valence-corrected chi connectivity index (χ0v) is 31.2. The maximum Gasteiger partial charge on any atom is 0.345 e. The molecule has 8 aromatic carbocycles. The van der Waals surface area contributed by atoms with E-state index < -0.39 is 11.4 Å². The number of rotatable bonds is 1. The van der Waals surface area contributed by atoms with Gasteiger partial charge in [0.1, 0.15) is 23.0 Å². The predicted octanol–water partition coefficient (Wildman–Crippen LogP) is 13.2. The first-order valence-corrected chi connectivity index (χ1v) is 23.4. The Morgan fingerprint density at radius 3 is 1.10 bits per heavy atom. The van der Waals surface area contributed by atoms with E-state index in [-0.39, 0.29) is 0 Å². The van der Waals surface area contributed by atoms with Gasteiger partial charge >= 0.3 is 11.4 Å². The van der Waals surface area contributed by atoms with E-state index in [2.05, 4.69) is 84.9 Å². The molecule has 8 aromatic rings. The normalized spacial score (nSPS) is 19.2. The lowest BCUT2D eigenvalue weighted by atomic mass is 9.87. The van der Waals surface area contributed by atoms with Crippen molar-refractivity contribution >= 4 is 103 Å². The fourth-order valence-electron chi connectivity index (χ4n) is 7.52. The van der Waals surface area contributed by atoms with E-state index in [4.69, 9.17) is 66.2 Å². The van der Waals surface area contributed by atoms with Crippen molar-refractivity contribution in [2.24, 2.45) is 0 Å². The van der Waals surface area contributed by atoms with Gasteiger partial charge in [0.25, 0.3) is 0 Å². The van der Waals surface area contributed by atoms with Gasteiger partial charge in [0.05, 0.1) is 0 Å². The van der Waals surface area contributed by atoms with Crippen LogP contribution in [0, 0.1) is 0 Å². The monoisotopic (exact) mass is 758 g/mol. The maximum absolute atomic E-state index is 6.39. The molecule has 10 rings (SSSR count). The van der Waals surface area contributed by atoms with Gasteiger partial charge in [-0.1, -0.05) is 134 Å². The number of hydrogen-bond acceptors (Lipinski definition) is 6. The second-order valence-corrected chi connectivity index (χ2v) is 22.6. The van der Waals surface area contributed by atoms with Crippen molar-refractivity contribution in [2.45, 2.75) is 0 Å². The summed E-state index contributed by atoms with van der Waals surface area (Å²) in [5, 5.41) is 8.52. The Bertz CT molecular complexity index is 2700. The summed E-state index contributed by atoms with van der Waals surface area (Å²) in [4.78, 5) is 0. The molecule has 2 aliphatic rings. The van der Waals surface area contributed by atoms with Crippen LogP contribution in [0.3, 0.4) is 0 Å². The van der Waals surface area contributed by atoms with E-state index in [1.165, 1.54) is 0 Å². The fourth-order valence-corrected chi connectivity index (χ4v) is 11.2. The summed E-state index contributed by atoms with van der Waals surface area (Å²) in [7, 11) is 0. The minimum atomic E-state index is -2.93. The third kappa shape index (κ3) is 4.81. The topological polar surface area (TPSA) is 36.9 Å². The lowest BCUT2D eigenvalue weighted by molar-refractivity contribution is 0.516. The number of benzene rings is 8. The standard InChI is InChI=1S/C40H24O4P2S4/c47-45(48)41-33-19-15-23-7-1-3-9-25(23)37(33)39-31-13-5-11-27(29(31)17-21-35(39)43-45)28-12-6-14-32-30(28)18-22-36-40(32)38-26-10-4-2-8-24(26)16-20-34(38)42-46(49,50)44-36/h1-22H,(H,47,48)(H,49,50). The van der Waals surface area contributed by atoms with Crippen LogP contribution in [0.15, 0.2) is 133 Å². The van der Waals surface area contributed by atoms with E-state index in [1.807, 2.05) is 48.5 Å². The molecule has 0 saturated heterocycles. The molecule has 0 aromatic heterocycles. The molecule has 0 bridgehead atoms. The number of hydrogen-bond donors (Lipinski definition) is 2. The lowest BCUT2D eigenvalue weighted by Gasteiger charge is -2.18. The summed E-state index contributed by atoms with van der Waals surface area (Å²) in [5.41, 5.74) is 0.0925. The Kier molecular flexibility index (Phi) is 6.93. The molecule has 0 saturated carbocycles. The van der Waals surface area contributed by atoms with Gasteiger partial charge < -0.3 is 18.1 Å². The van der Waals surface area contributed by atoms with Gasteiger partial charge in [-0.25, -0.2) is 0 Å². The van der Waals surface area contributed by atoms with Crippen molar-refractivity contribution in [1.29, 1.82) is 0 Å². The van der Waals surface area contributed by atoms with Crippen molar-refractivity contribution in [3.63, 3.8) is 0 Å². The van der Waals surface area contributed by atoms with Gasteiger partial charge in [0.15, 0.2) is 0 Å². The molecule has 0 spiro atoms. The van der Waals surface area contributed by atoms with Crippen molar-refractivity contribution in [2.75, 3.05) is 0 Å². The van der Waals surface area contributed by atoms with E-state index in [0.29, 0.717) is 23.0 Å². The molecule has 2 unspecified atom stereocenters. The molecule has 2 heterocycles. The maximum atomic E-state index is 6.39. The highest BCUT2D eigenvalue weighted by Gasteiger charge is 2.31. The first-order valence-electron chi connectivity index (χ1n) is 15.8. The Hall–Kier alpha value is -4.00. The Balaban J connectivity index is 1.27. The highest BCUT2D eigenvalue weighted by molar-refractivity contribution is 8.60. The fraction of sp³-hybridized carbons (Fsp3) is 0. The summed E-state index contributed by atoms with van der Waals surface area (Å²) in [6, 6.07) is 45.7. The van der Waals surface area contributed by atoms with Crippen molar-refractivity contribution < 1.29 is 18.1 Å². The molecule has 0 radical (unpaired) electrons. The third-order valence-electron chi connectivity index (χ3n) is 9.47. The molecule has 2 aliphatic heterocycles. The van der Waals surface area contributed by atoms with Gasteiger partial charge in [-0.15, -0.1) is 0 Å². The van der Waals surface area contributed by atoms with E-state index in [1.54, 1.807) is 0 Å². The minimum Gasteiger partial charge on any atom is -0.428 e. The second kappa shape index (κ2) is 11.2. The molecule has 0 fully saturated rings. The summed E-state index contributed by atoms with van der Waals surface area (Å²) < 4.78 is 25.4. The number of fused-ring (bicyclic) bond motifs is 14. The molecular formula is C40H24O4P2S4. The largest absolute Gasteiger partial charge is 0.428 e. The van der Waals surface area contributed by atoms with Crippen LogP contribution in [0.2, 0.25) is 0 Å². The molecule has 0 aliphatic carbocycles. The Morgan fingerprint density at radius 2 is 0.680 bits per heavy atom. The van der Waals surface area contributed by atoms with Gasteiger partial charge in [0.2, 0.25) is 0 Å². The molecule has 4 nitrogen and oxygen atoms in total.